The van der Waals surface area contributed by atoms with Gasteiger partial charge in [-0.25, -0.2) is 4.79 Å². The number of amides is 1. The number of rotatable bonds is 6. The van der Waals surface area contributed by atoms with E-state index in [-0.39, 0.29) is 12.5 Å². The molecule has 0 saturated carbocycles. The monoisotopic (exact) mass is 365 g/mol. The number of halogens is 1. The molecule has 0 spiro atoms. The number of thiophene rings is 1. The van der Waals surface area contributed by atoms with Crippen LogP contribution in [0.4, 0.5) is 5.00 Å². The lowest BCUT2D eigenvalue weighted by Crippen LogP contribution is -2.14. The van der Waals surface area contributed by atoms with E-state index < -0.39 is 5.97 Å². The quantitative estimate of drug-likeness (QED) is 0.707. The number of hydrogen-bond donors (Lipinski definition) is 1. The minimum Gasteiger partial charge on any atom is -0.462 e. The largest absolute Gasteiger partial charge is 0.462 e. The second kappa shape index (κ2) is 8.31. The number of nitrogens with one attached hydrogen (secondary N) is 1. The first-order valence-electron chi connectivity index (χ1n) is 7.84. The first-order chi connectivity index (χ1) is 11.5. The molecule has 1 heterocycles. The summed E-state index contributed by atoms with van der Waals surface area (Å²) in [6.45, 7) is 5.89. The number of esters is 1. The summed E-state index contributed by atoms with van der Waals surface area (Å²) in [5.74, 6) is -0.537. The average molecular weight is 366 g/mol. The number of carbonyl (C=O) groups is 2. The van der Waals surface area contributed by atoms with Crippen LogP contribution in [-0.4, -0.2) is 18.5 Å². The van der Waals surface area contributed by atoms with Crippen molar-refractivity contribution >= 4 is 39.8 Å². The number of aryl methyl sites for hydroxylation is 1. The topological polar surface area (TPSA) is 55.4 Å². The van der Waals surface area contributed by atoms with Crippen LogP contribution in [0, 0.1) is 6.92 Å². The van der Waals surface area contributed by atoms with Gasteiger partial charge >= 0.3 is 5.97 Å². The van der Waals surface area contributed by atoms with Crippen LogP contribution in [0.3, 0.4) is 0 Å². The molecule has 0 fully saturated rings. The minimum absolute atomic E-state index is 0.105. The normalized spacial score (nSPS) is 10.5. The van der Waals surface area contributed by atoms with E-state index in [1.807, 2.05) is 26.0 Å². The van der Waals surface area contributed by atoms with E-state index in [4.69, 9.17) is 16.3 Å². The highest BCUT2D eigenvalue weighted by Crippen LogP contribution is 2.40. The molecule has 4 nitrogen and oxygen atoms in total. The fourth-order valence-corrected chi connectivity index (χ4v) is 3.62. The lowest BCUT2D eigenvalue weighted by atomic mass is 10.0. The minimum atomic E-state index is -0.432. The highest BCUT2D eigenvalue weighted by atomic mass is 35.5. The van der Waals surface area contributed by atoms with Crippen molar-refractivity contribution in [2.45, 2.75) is 33.6 Å². The van der Waals surface area contributed by atoms with Gasteiger partial charge in [-0.1, -0.05) is 30.7 Å². The summed E-state index contributed by atoms with van der Waals surface area (Å²) in [6, 6.07) is 7.27. The summed E-state index contributed by atoms with van der Waals surface area (Å²) in [5, 5.41) is 4.01. The van der Waals surface area contributed by atoms with Crippen molar-refractivity contribution in [1.29, 1.82) is 0 Å². The van der Waals surface area contributed by atoms with E-state index in [9.17, 15) is 9.59 Å². The van der Waals surface area contributed by atoms with E-state index in [0.29, 0.717) is 22.0 Å². The molecule has 2 rings (SSSR count). The fraction of sp³-hybridized carbons (Fsp3) is 0.333. The second-order valence-corrected chi connectivity index (χ2v) is 6.92. The number of benzene rings is 1. The zero-order valence-electron chi connectivity index (χ0n) is 13.9. The SMILES string of the molecule is CCCC(=O)Nc1sc(C)c(-c2ccc(Cl)cc2)c1C(=O)OCC. The molecule has 1 N–H and O–H groups in total. The van der Waals surface area contributed by atoms with Crippen molar-refractivity contribution in [2.75, 3.05) is 11.9 Å². The molecule has 128 valence electrons. The Balaban J connectivity index is 2.52. The first-order valence-corrected chi connectivity index (χ1v) is 9.03. The van der Waals surface area contributed by atoms with Gasteiger partial charge in [0.15, 0.2) is 0 Å². The molecule has 0 radical (unpaired) electrons. The van der Waals surface area contributed by atoms with Crippen LogP contribution in [0.5, 0.6) is 0 Å². The summed E-state index contributed by atoms with van der Waals surface area (Å²) in [5.41, 5.74) is 2.06. The maximum Gasteiger partial charge on any atom is 0.341 e. The fourth-order valence-electron chi connectivity index (χ4n) is 2.41. The van der Waals surface area contributed by atoms with E-state index >= 15 is 0 Å². The van der Waals surface area contributed by atoms with Crippen molar-refractivity contribution < 1.29 is 14.3 Å². The number of ether oxygens (including phenoxy) is 1. The lowest BCUT2D eigenvalue weighted by Gasteiger charge is -2.09. The van der Waals surface area contributed by atoms with Gasteiger partial charge in [0.05, 0.1) is 6.61 Å². The van der Waals surface area contributed by atoms with Crippen LogP contribution in [0.15, 0.2) is 24.3 Å². The Morgan fingerprint density at radius 2 is 1.88 bits per heavy atom. The van der Waals surface area contributed by atoms with Gasteiger partial charge in [-0.15, -0.1) is 11.3 Å². The lowest BCUT2D eigenvalue weighted by molar-refractivity contribution is -0.116. The Morgan fingerprint density at radius 1 is 1.21 bits per heavy atom. The van der Waals surface area contributed by atoms with E-state index in [1.54, 1.807) is 19.1 Å². The second-order valence-electron chi connectivity index (χ2n) is 5.26. The van der Waals surface area contributed by atoms with Crippen molar-refractivity contribution in [1.82, 2.24) is 0 Å². The Morgan fingerprint density at radius 3 is 2.46 bits per heavy atom. The summed E-state index contributed by atoms with van der Waals surface area (Å²) in [7, 11) is 0. The zero-order chi connectivity index (χ0) is 17.7. The molecule has 0 bridgehead atoms. The third kappa shape index (κ3) is 4.16. The van der Waals surface area contributed by atoms with Crippen LogP contribution in [0.1, 0.15) is 41.9 Å². The Hall–Kier alpha value is -1.85. The average Bonchev–Trinajstić information content (AvgIpc) is 2.84. The molecule has 0 saturated heterocycles. The maximum atomic E-state index is 12.5. The van der Waals surface area contributed by atoms with Gasteiger partial charge in [-0.3, -0.25) is 4.79 Å². The number of anilines is 1. The van der Waals surface area contributed by atoms with Gasteiger partial charge in [0.1, 0.15) is 10.6 Å². The summed E-state index contributed by atoms with van der Waals surface area (Å²) in [4.78, 5) is 25.4. The molecule has 0 aliphatic carbocycles. The predicted molar refractivity (Wildman–Crippen MR) is 99.0 cm³/mol. The summed E-state index contributed by atoms with van der Waals surface area (Å²) in [6.07, 6.45) is 1.16. The molecular formula is C18H20ClNO3S. The standard InChI is InChI=1S/C18H20ClNO3S/c1-4-6-14(21)20-17-16(18(22)23-5-2)15(11(3)24-17)12-7-9-13(19)10-8-12/h7-10H,4-6H2,1-3H3,(H,20,21). The molecule has 6 heteroatoms. The summed E-state index contributed by atoms with van der Waals surface area (Å²) < 4.78 is 5.20. The Labute approximate surface area is 150 Å². The maximum absolute atomic E-state index is 12.5. The van der Waals surface area contributed by atoms with Gasteiger partial charge in [0.25, 0.3) is 0 Å². The molecule has 0 unspecified atom stereocenters. The van der Waals surface area contributed by atoms with Gasteiger partial charge in [-0.2, -0.15) is 0 Å². The number of carbonyl (C=O) groups excluding carboxylic acids is 2. The highest BCUT2D eigenvalue weighted by molar-refractivity contribution is 7.17. The van der Waals surface area contributed by atoms with Crippen molar-refractivity contribution in [2.24, 2.45) is 0 Å². The molecule has 1 aromatic carbocycles. The smallest absolute Gasteiger partial charge is 0.341 e. The van der Waals surface area contributed by atoms with E-state index in [2.05, 4.69) is 5.32 Å². The zero-order valence-corrected chi connectivity index (χ0v) is 15.5. The van der Waals surface area contributed by atoms with Crippen molar-refractivity contribution in [3.05, 3.63) is 39.7 Å². The van der Waals surface area contributed by atoms with Crippen LogP contribution >= 0.6 is 22.9 Å². The molecule has 24 heavy (non-hydrogen) atoms. The molecule has 1 amide bonds. The van der Waals surface area contributed by atoms with Crippen LogP contribution < -0.4 is 5.32 Å². The predicted octanol–water partition coefficient (Wildman–Crippen LogP) is 5.29. The van der Waals surface area contributed by atoms with Crippen LogP contribution in [-0.2, 0) is 9.53 Å². The Kier molecular flexibility index (Phi) is 6.40. The first kappa shape index (κ1) is 18.5. The van der Waals surface area contributed by atoms with Gasteiger partial charge < -0.3 is 10.1 Å². The van der Waals surface area contributed by atoms with Gasteiger partial charge in [0.2, 0.25) is 5.91 Å². The molecule has 0 aliphatic heterocycles. The summed E-state index contributed by atoms with van der Waals surface area (Å²) >= 11 is 7.34. The third-order valence-electron chi connectivity index (χ3n) is 3.43. The number of hydrogen-bond acceptors (Lipinski definition) is 4. The van der Waals surface area contributed by atoms with Gasteiger partial charge in [0, 0.05) is 21.9 Å². The molecule has 2 aromatic rings. The molecule has 0 aliphatic rings. The molecular weight excluding hydrogens is 346 g/mol. The third-order valence-corrected chi connectivity index (χ3v) is 4.70. The van der Waals surface area contributed by atoms with Crippen LogP contribution in [0.2, 0.25) is 5.02 Å². The molecule has 1 aromatic heterocycles. The highest BCUT2D eigenvalue weighted by Gasteiger charge is 2.25. The Bertz CT molecular complexity index is 737. The van der Waals surface area contributed by atoms with E-state index in [0.717, 1.165) is 22.4 Å². The van der Waals surface area contributed by atoms with Crippen molar-refractivity contribution in [3.63, 3.8) is 0 Å². The molecule has 0 atom stereocenters. The van der Waals surface area contributed by atoms with Crippen LogP contribution in [0.25, 0.3) is 11.1 Å². The van der Waals surface area contributed by atoms with E-state index in [1.165, 1.54) is 11.3 Å². The van der Waals surface area contributed by atoms with Crippen molar-refractivity contribution in [3.8, 4) is 11.1 Å². The van der Waals surface area contributed by atoms with Gasteiger partial charge in [-0.05, 0) is 38.0 Å².